The van der Waals surface area contributed by atoms with E-state index in [1.54, 1.807) is 12.1 Å². The molecular weight excluding hydrogens is 259 g/mol. The van der Waals surface area contributed by atoms with E-state index in [9.17, 15) is 9.50 Å². The van der Waals surface area contributed by atoms with E-state index in [0.29, 0.717) is 29.3 Å². The van der Waals surface area contributed by atoms with Crippen molar-refractivity contribution in [3.8, 4) is 12.3 Å². The zero-order valence-electron chi connectivity index (χ0n) is 8.21. The summed E-state index contributed by atoms with van der Waals surface area (Å²) in [6.07, 6.45) is 6.07. The smallest absolute Gasteiger partial charge is 0.130 e. The maximum absolute atomic E-state index is 13.4. The van der Waals surface area contributed by atoms with Crippen molar-refractivity contribution in [2.75, 3.05) is 0 Å². The second-order valence-corrected chi connectivity index (χ2v) is 4.10. The molecule has 0 aliphatic carbocycles. The quantitative estimate of drug-likeness (QED) is 0.657. The average Bonchev–Trinajstić information content (AvgIpc) is 2.18. The number of rotatable bonds is 4. The number of hydrogen-bond acceptors (Lipinski definition) is 1. The fourth-order valence-corrected chi connectivity index (χ4v) is 1.98. The summed E-state index contributed by atoms with van der Waals surface area (Å²) in [5, 5.41) is 9.77. The van der Waals surface area contributed by atoms with Gasteiger partial charge in [-0.2, -0.15) is 0 Å². The Morgan fingerprint density at radius 2 is 2.27 bits per heavy atom. The molecule has 1 N–H and O–H groups in total. The van der Waals surface area contributed by atoms with Gasteiger partial charge in [0, 0.05) is 16.5 Å². The Hall–Kier alpha value is -0.850. The molecule has 0 fully saturated rings. The molecule has 0 bridgehead atoms. The lowest BCUT2D eigenvalue weighted by atomic mass is 10.0. The maximum Gasteiger partial charge on any atom is 0.130 e. The summed E-state index contributed by atoms with van der Waals surface area (Å²) in [5.74, 6) is 2.10. The third-order valence-electron chi connectivity index (χ3n) is 2.13. The summed E-state index contributed by atoms with van der Waals surface area (Å²) in [5.41, 5.74) is 0.314. The molecule has 1 nitrogen and oxygen atoms in total. The van der Waals surface area contributed by atoms with Gasteiger partial charge in [-0.05, 0) is 25.0 Å². The number of aliphatic hydroxyl groups is 1. The highest BCUT2D eigenvalue weighted by Gasteiger charge is 2.15. The molecule has 1 rings (SSSR count). The largest absolute Gasteiger partial charge is 0.388 e. The first-order chi connectivity index (χ1) is 7.16. The van der Waals surface area contributed by atoms with Crippen LogP contribution < -0.4 is 0 Å². The van der Waals surface area contributed by atoms with Crippen molar-refractivity contribution in [3.63, 3.8) is 0 Å². The van der Waals surface area contributed by atoms with Crippen molar-refractivity contribution in [1.29, 1.82) is 0 Å². The van der Waals surface area contributed by atoms with Gasteiger partial charge < -0.3 is 5.11 Å². The molecule has 1 aromatic carbocycles. The third kappa shape index (κ3) is 3.33. The highest BCUT2D eigenvalue weighted by atomic mass is 79.9. The van der Waals surface area contributed by atoms with Crippen LogP contribution in [0, 0.1) is 18.2 Å². The molecule has 1 aromatic rings. The average molecular weight is 271 g/mol. The zero-order valence-corrected chi connectivity index (χ0v) is 9.80. The SMILES string of the molecule is C#CCCCC(O)c1c(F)cccc1Br. The molecule has 15 heavy (non-hydrogen) atoms. The molecule has 0 aliphatic rings. The molecule has 3 heteroatoms. The Labute approximate surface area is 97.4 Å². The number of unbranched alkanes of at least 4 members (excludes halogenated alkanes) is 1. The molecule has 0 spiro atoms. The van der Waals surface area contributed by atoms with Crippen LogP contribution in [0.5, 0.6) is 0 Å². The van der Waals surface area contributed by atoms with Crippen molar-refractivity contribution < 1.29 is 9.50 Å². The van der Waals surface area contributed by atoms with Gasteiger partial charge in [-0.25, -0.2) is 4.39 Å². The number of benzene rings is 1. The highest BCUT2D eigenvalue weighted by Crippen LogP contribution is 2.29. The van der Waals surface area contributed by atoms with Gasteiger partial charge >= 0.3 is 0 Å². The first-order valence-electron chi connectivity index (χ1n) is 4.72. The van der Waals surface area contributed by atoms with E-state index in [-0.39, 0.29) is 0 Å². The van der Waals surface area contributed by atoms with Crippen molar-refractivity contribution in [3.05, 3.63) is 34.1 Å². The van der Waals surface area contributed by atoms with E-state index in [1.807, 2.05) is 0 Å². The van der Waals surface area contributed by atoms with Gasteiger partial charge in [0.25, 0.3) is 0 Å². The van der Waals surface area contributed by atoms with Crippen LogP contribution in [0.1, 0.15) is 30.9 Å². The number of terminal acetylenes is 1. The highest BCUT2D eigenvalue weighted by molar-refractivity contribution is 9.10. The van der Waals surface area contributed by atoms with Gasteiger partial charge in [-0.1, -0.05) is 22.0 Å². The number of hydrogen-bond donors (Lipinski definition) is 1. The van der Waals surface area contributed by atoms with Crippen LogP contribution in [-0.2, 0) is 0 Å². The van der Waals surface area contributed by atoms with Gasteiger partial charge in [0.2, 0.25) is 0 Å². The van der Waals surface area contributed by atoms with Crippen LogP contribution >= 0.6 is 15.9 Å². The normalized spacial score (nSPS) is 12.1. The second-order valence-electron chi connectivity index (χ2n) is 3.25. The lowest BCUT2D eigenvalue weighted by Gasteiger charge is -2.12. The topological polar surface area (TPSA) is 20.2 Å². The van der Waals surface area contributed by atoms with Crippen LogP contribution in [0.4, 0.5) is 4.39 Å². The molecule has 80 valence electrons. The van der Waals surface area contributed by atoms with Gasteiger partial charge in [-0.3, -0.25) is 0 Å². The van der Waals surface area contributed by atoms with E-state index < -0.39 is 11.9 Å². The molecule has 1 atom stereocenters. The molecule has 0 amide bonds. The van der Waals surface area contributed by atoms with E-state index in [0.717, 1.165) is 0 Å². The van der Waals surface area contributed by atoms with Crippen molar-refractivity contribution in [1.82, 2.24) is 0 Å². The van der Waals surface area contributed by atoms with Crippen LogP contribution in [0.2, 0.25) is 0 Å². The van der Waals surface area contributed by atoms with Gasteiger partial charge in [0.05, 0.1) is 6.10 Å². The third-order valence-corrected chi connectivity index (χ3v) is 2.82. The number of aliphatic hydroxyl groups excluding tert-OH is 1. The second kappa shape index (κ2) is 5.89. The summed E-state index contributed by atoms with van der Waals surface area (Å²) in [7, 11) is 0. The minimum atomic E-state index is -0.797. The molecule has 0 saturated heterocycles. The maximum atomic E-state index is 13.4. The van der Waals surface area contributed by atoms with Gasteiger partial charge in [0.1, 0.15) is 5.82 Å². The Balaban J connectivity index is 2.73. The van der Waals surface area contributed by atoms with E-state index in [4.69, 9.17) is 6.42 Å². The fraction of sp³-hybridized carbons (Fsp3) is 0.333. The Morgan fingerprint density at radius 3 is 2.87 bits per heavy atom. The molecule has 0 aliphatic heterocycles. The van der Waals surface area contributed by atoms with E-state index in [2.05, 4.69) is 21.9 Å². The summed E-state index contributed by atoms with van der Waals surface area (Å²) in [4.78, 5) is 0. The molecule has 0 saturated carbocycles. The summed E-state index contributed by atoms with van der Waals surface area (Å²) < 4.78 is 14.0. The van der Waals surface area contributed by atoms with Gasteiger partial charge in [0.15, 0.2) is 0 Å². The van der Waals surface area contributed by atoms with Crippen molar-refractivity contribution >= 4 is 15.9 Å². The Kier molecular flexibility index (Phi) is 4.80. The lowest BCUT2D eigenvalue weighted by Crippen LogP contribution is -2.01. The van der Waals surface area contributed by atoms with E-state index >= 15 is 0 Å². The Bertz CT molecular complexity index is 350. The zero-order chi connectivity index (χ0) is 11.3. The Morgan fingerprint density at radius 1 is 1.53 bits per heavy atom. The van der Waals surface area contributed by atoms with Crippen molar-refractivity contribution in [2.24, 2.45) is 0 Å². The molecule has 1 unspecified atom stereocenters. The van der Waals surface area contributed by atoms with Crippen LogP contribution in [0.3, 0.4) is 0 Å². The summed E-state index contributed by atoms with van der Waals surface area (Å²) >= 11 is 3.22. The van der Waals surface area contributed by atoms with Gasteiger partial charge in [-0.15, -0.1) is 12.3 Å². The predicted molar refractivity (Wildman–Crippen MR) is 61.7 cm³/mol. The van der Waals surface area contributed by atoms with Crippen LogP contribution in [0.25, 0.3) is 0 Å². The van der Waals surface area contributed by atoms with Crippen molar-refractivity contribution in [2.45, 2.75) is 25.4 Å². The molecular formula is C12H12BrFO. The first kappa shape index (κ1) is 12.2. The number of halogens is 2. The minimum Gasteiger partial charge on any atom is -0.388 e. The standard InChI is InChI=1S/C12H12BrFO/c1-2-3-4-8-11(15)12-9(13)6-5-7-10(12)14/h1,5-7,11,15H,3-4,8H2. The summed E-state index contributed by atoms with van der Waals surface area (Å²) in [6, 6.07) is 4.64. The fourth-order valence-electron chi connectivity index (χ4n) is 1.37. The van der Waals surface area contributed by atoms with Crippen LogP contribution in [-0.4, -0.2) is 5.11 Å². The summed E-state index contributed by atoms with van der Waals surface area (Å²) in [6.45, 7) is 0. The minimum absolute atomic E-state index is 0.314. The van der Waals surface area contributed by atoms with E-state index in [1.165, 1.54) is 6.07 Å². The monoisotopic (exact) mass is 270 g/mol. The predicted octanol–water partition coefficient (Wildman–Crippen LogP) is 3.43. The molecule has 0 aromatic heterocycles. The van der Waals surface area contributed by atoms with Crippen LogP contribution in [0.15, 0.2) is 22.7 Å². The first-order valence-corrected chi connectivity index (χ1v) is 5.51. The molecule has 0 heterocycles. The lowest BCUT2D eigenvalue weighted by molar-refractivity contribution is 0.160. The molecule has 0 radical (unpaired) electrons.